The van der Waals surface area contributed by atoms with Crippen LogP contribution in [-0.4, -0.2) is 22.4 Å². The lowest BCUT2D eigenvalue weighted by Crippen LogP contribution is -2.16. The summed E-state index contributed by atoms with van der Waals surface area (Å²) in [7, 11) is 0. The Balaban J connectivity index is 2.21. The summed E-state index contributed by atoms with van der Waals surface area (Å²) in [6.45, 7) is 9.98. The maximum absolute atomic E-state index is 12.4. The highest BCUT2D eigenvalue weighted by atomic mass is 16.1. The number of hydrogen-bond acceptors (Lipinski definition) is 4. The molecule has 2 rings (SSSR count). The SMILES string of the molecule is C=CCNc1nc(C)cc(C(=O)Nc2ccc(C)cc2C)n1. The summed E-state index contributed by atoms with van der Waals surface area (Å²) in [6.07, 6.45) is 1.71. The summed E-state index contributed by atoms with van der Waals surface area (Å²) in [6, 6.07) is 7.55. The summed E-state index contributed by atoms with van der Waals surface area (Å²) >= 11 is 0. The number of nitrogens with one attached hydrogen (secondary N) is 2. The number of carbonyl (C=O) groups excluding carboxylic acids is 1. The molecule has 0 atom stereocenters. The van der Waals surface area contributed by atoms with E-state index in [2.05, 4.69) is 27.2 Å². The second kappa shape index (κ2) is 6.85. The predicted molar refractivity (Wildman–Crippen MR) is 89.3 cm³/mol. The molecule has 2 N–H and O–H groups in total. The van der Waals surface area contributed by atoms with Crippen molar-refractivity contribution in [2.24, 2.45) is 0 Å². The van der Waals surface area contributed by atoms with Crippen LogP contribution in [0.3, 0.4) is 0 Å². The maximum atomic E-state index is 12.4. The minimum Gasteiger partial charge on any atom is -0.351 e. The van der Waals surface area contributed by atoms with E-state index in [1.807, 2.05) is 39.0 Å². The van der Waals surface area contributed by atoms with Gasteiger partial charge in [0.05, 0.1) is 0 Å². The van der Waals surface area contributed by atoms with E-state index in [4.69, 9.17) is 0 Å². The van der Waals surface area contributed by atoms with E-state index in [1.54, 1.807) is 12.1 Å². The molecule has 0 aliphatic heterocycles. The van der Waals surface area contributed by atoms with Crippen molar-refractivity contribution in [3.05, 3.63) is 59.4 Å². The quantitative estimate of drug-likeness (QED) is 0.831. The van der Waals surface area contributed by atoms with Crippen LogP contribution >= 0.6 is 0 Å². The Labute approximate surface area is 130 Å². The Hall–Kier alpha value is -2.69. The molecule has 0 aliphatic carbocycles. The molecule has 1 heterocycles. The second-order valence-corrected chi connectivity index (χ2v) is 5.16. The molecular weight excluding hydrogens is 276 g/mol. The van der Waals surface area contributed by atoms with Crippen LogP contribution in [0.4, 0.5) is 11.6 Å². The van der Waals surface area contributed by atoms with Gasteiger partial charge in [0.25, 0.3) is 5.91 Å². The molecule has 1 aromatic heterocycles. The first-order valence-electron chi connectivity index (χ1n) is 7.08. The first-order valence-corrected chi connectivity index (χ1v) is 7.08. The zero-order valence-corrected chi connectivity index (χ0v) is 13.1. The molecular formula is C17H20N4O. The fourth-order valence-corrected chi connectivity index (χ4v) is 2.07. The second-order valence-electron chi connectivity index (χ2n) is 5.16. The molecule has 22 heavy (non-hydrogen) atoms. The Morgan fingerprint density at radius 1 is 1.23 bits per heavy atom. The first-order chi connectivity index (χ1) is 10.5. The average molecular weight is 296 g/mol. The summed E-state index contributed by atoms with van der Waals surface area (Å²) in [5, 5.41) is 5.88. The standard InChI is InChI=1S/C17H20N4O/c1-5-8-18-17-19-13(4)10-15(21-17)16(22)20-14-7-6-11(2)9-12(14)3/h5-7,9-10H,1,8H2,2-4H3,(H,20,22)(H,18,19,21). The number of benzene rings is 1. The van der Waals surface area contributed by atoms with Crippen LogP contribution in [0.15, 0.2) is 36.9 Å². The van der Waals surface area contributed by atoms with Crippen LogP contribution in [0.5, 0.6) is 0 Å². The highest BCUT2D eigenvalue weighted by molar-refractivity contribution is 6.03. The number of hydrogen-bond donors (Lipinski definition) is 2. The fraction of sp³-hybridized carbons (Fsp3) is 0.235. The lowest BCUT2D eigenvalue weighted by molar-refractivity contribution is 0.102. The van der Waals surface area contributed by atoms with Gasteiger partial charge < -0.3 is 10.6 Å². The largest absolute Gasteiger partial charge is 0.351 e. The first kappa shape index (κ1) is 15.7. The Kier molecular flexibility index (Phi) is 4.88. The van der Waals surface area contributed by atoms with Gasteiger partial charge in [-0.2, -0.15) is 0 Å². The van der Waals surface area contributed by atoms with E-state index in [1.165, 1.54) is 0 Å². The van der Waals surface area contributed by atoms with Gasteiger partial charge in [0, 0.05) is 17.9 Å². The number of amides is 1. The van der Waals surface area contributed by atoms with E-state index in [-0.39, 0.29) is 5.91 Å². The van der Waals surface area contributed by atoms with E-state index in [0.29, 0.717) is 18.2 Å². The van der Waals surface area contributed by atoms with Crippen molar-refractivity contribution in [2.75, 3.05) is 17.2 Å². The Bertz CT molecular complexity index is 710. The number of carbonyl (C=O) groups is 1. The minimum absolute atomic E-state index is 0.251. The lowest BCUT2D eigenvalue weighted by atomic mass is 10.1. The maximum Gasteiger partial charge on any atom is 0.274 e. The molecule has 0 aliphatic rings. The van der Waals surface area contributed by atoms with Gasteiger partial charge >= 0.3 is 0 Å². The predicted octanol–water partition coefficient (Wildman–Crippen LogP) is 3.25. The fourth-order valence-electron chi connectivity index (χ4n) is 2.07. The Morgan fingerprint density at radius 2 is 2.00 bits per heavy atom. The number of rotatable bonds is 5. The van der Waals surface area contributed by atoms with Crippen molar-refractivity contribution >= 4 is 17.5 Å². The van der Waals surface area contributed by atoms with E-state index < -0.39 is 0 Å². The lowest BCUT2D eigenvalue weighted by Gasteiger charge is -2.10. The number of aromatic nitrogens is 2. The molecule has 0 bridgehead atoms. The molecule has 0 radical (unpaired) electrons. The van der Waals surface area contributed by atoms with Gasteiger partial charge in [-0.3, -0.25) is 4.79 Å². The van der Waals surface area contributed by atoms with E-state index in [0.717, 1.165) is 22.5 Å². The van der Waals surface area contributed by atoms with Crippen LogP contribution in [0.2, 0.25) is 0 Å². The molecule has 0 saturated carbocycles. The summed E-state index contributed by atoms with van der Waals surface area (Å²) < 4.78 is 0. The monoisotopic (exact) mass is 296 g/mol. The van der Waals surface area contributed by atoms with Gasteiger partial charge in [-0.15, -0.1) is 6.58 Å². The number of aryl methyl sites for hydroxylation is 3. The van der Waals surface area contributed by atoms with Gasteiger partial charge in [-0.05, 0) is 38.5 Å². The zero-order chi connectivity index (χ0) is 16.1. The molecule has 0 unspecified atom stereocenters. The normalized spacial score (nSPS) is 10.1. The van der Waals surface area contributed by atoms with Crippen LogP contribution in [0.25, 0.3) is 0 Å². The smallest absolute Gasteiger partial charge is 0.274 e. The molecule has 1 aromatic carbocycles. The molecule has 1 amide bonds. The summed E-state index contributed by atoms with van der Waals surface area (Å²) in [5.41, 5.74) is 4.02. The van der Waals surface area contributed by atoms with E-state index in [9.17, 15) is 4.79 Å². The van der Waals surface area contributed by atoms with Gasteiger partial charge in [-0.25, -0.2) is 9.97 Å². The molecule has 0 spiro atoms. The summed E-state index contributed by atoms with van der Waals surface area (Å²) in [4.78, 5) is 20.9. The average Bonchev–Trinajstić information content (AvgIpc) is 2.47. The van der Waals surface area contributed by atoms with Crippen LogP contribution in [0, 0.1) is 20.8 Å². The molecule has 0 fully saturated rings. The van der Waals surface area contributed by atoms with Crippen LogP contribution in [-0.2, 0) is 0 Å². The van der Waals surface area contributed by atoms with Crippen molar-refractivity contribution in [3.8, 4) is 0 Å². The van der Waals surface area contributed by atoms with Crippen molar-refractivity contribution in [1.82, 2.24) is 9.97 Å². The van der Waals surface area contributed by atoms with Gasteiger partial charge in [0.1, 0.15) is 5.69 Å². The van der Waals surface area contributed by atoms with Gasteiger partial charge in [0.15, 0.2) is 0 Å². The molecule has 5 nitrogen and oxygen atoms in total. The molecule has 0 saturated heterocycles. The third-order valence-corrected chi connectivity index (χ3v) is 3.12. The molecule has 5 heteroatoms. The van der Waals surface area contributed by atoms with Crippen molar-refractivity contribution in [2.45, 2.75) is 20.8 Å². The van der Waals surface area contributed by atoms with Gasteiger partial charge in [0.2, 0.25) is 5.95 Å². The number of anilines is 2. The topological polar surface area (TPSA) is 66.9 Å². The number of nitrogens with zero attached hydrogens (tertiary/aromatic N) is 2. The molecule has 114 valence electrons. The third kappa shape index (κ3) is 3.91. The Morgan fingerprint density at radius 3 is 2.68 bits per heavy atom. The zero-order valence-electron chi connectivity index (χ0n) is 13.1. The van der Waals surface area contributed by atoms with Crippen molar-refractivity contribution < 1.29 is 4.79 Å². The molecule has 2 aromatic rings. The van der Waals surface area contributed by atoms with E-state index >= 15 is 0 Å². The third-order valence-electron chi connectivity index (χ3n) is 3.12. The van der Waals surface area contributed by atoms with Crippen LogP contribution < -0.4 is 10.6 Å². The summed E-state index contributed by atoms with van der Waals surface area (Å²) in [5.74, 6) is 0.171. The highest BCUT2D eigenvalue weighted by Crippen LogP contribution is 2.17. The highest BCUT2D eigenvalue weighted by Gasteiger charge is 2.12. The van der Waals surface area contributed by atoms with Crippen molar-refractivity contribution in [1.29, 1.82) is 0 Å². The minimum atomic E-state index is -0.251. The van der Waals surface area contributed by atoms with Crippen LogP contribution in [0.1, 0.15) is 27.3 Å². The van der Waals surface area contributed by atoms with Gasteiger partial charge in [-0.1, -0.05) is 23.8 Å². The van der Waals surface area contributed by atoms with Crippen molar-refractivity contribution in [3.63, 3.8) is 0 Å².